The van der Waals surface area contributed by atoms with Crippen molar-refractivity contribution in [2.24, 2.45) is 7.05 Å². The molecule has 0 fully saturated rings. The van der Waals surface area contributed by atoms with Crippen LogP contribution >= 0.6 is 0 Å². The summed E-state index contributed by atoms with van der Waals surface area (Å²) in [4.78, 5) is 7.65. The van der Waals surface area contributed by atoms with Crippen molar-refractivity contribution in [3.8, 4) is 11.3 Å². The molecule has 0 radical (unpaired) electrons. The number of aryl methyl sites for hydroxylation is 1. The third kappa shape index (κ3) is 4.43. The Kier molecular flexibility index (Phi) is 5.65. The number of hydrogen-bond acceptors (Lipinski definition) is 5. The van der Waals surface area contributed by atoms with E-state index in [1.54, 1.807) is 12.1 Å². The van der Waals surface area contributed by atoms with Gasteiger partial charge in [0.1, 0.15) is 23.8 Å². The lowest BCUT2D eigenvalue weighted by atomic mass is 10.1. The lowest BCUT2D eigenvalue weighted by molar-refractivity contribution is 0.521. The first-order chi connectivity index (χ1) is 16.8. The summed E-state index contributed by atoms with van der Waals surface area (Å²) in [6, 6.07) is 18.9. The highest BCUT2D eigenvalue weighted by atomic mass is 32.2. The fraction of sp³-hybridized carbons (Fsp3) is 0.0400. The highest BCUT2D eigenvalue weighted by Crippen LogP contribution is 2.30. The third-order valence-corrected chi connectivity index (χ3v) is 6.87. The van der Waals surface area contributed by atoms with Crippen LogP contribution in [0.25, 0.3) is 22.2 Å². The molecule has 35 heavy (non-hydrogen) atoms. The number of halogens is 2. The number of fused-ring (bicyclic) bond motifs is 1. The molecule has 2 heterocycles. The minimum atomic E-state index is -4.44. The van der Waals surface area contributed by atoms with Gasteiger partial charge in [-0.3, -0.25) is 4.72 Å². The van der Waals surface area contributed by atoms with Crippen LogP contribution in [0.5, 0.6) is 0 Å². The Bertz CT molecular complexity index is 1630. The Morgan fingerprint density at radius 1 is 0.857 bits per heavy atom. The standard InChI is InChI=1S/C25H19F2N5O2S/c1-32-14-19(18-5-2-3-8-23(18)32)22-13-24(29-15-28-22)30-16-9-11-17(12-10-16)31-35(33,34)25-20(26)6-4-7-21(25)27/h2-15,31H,1H3,(H,28,29,30). The van der Waals surface area contributed by atoms with E-state index < -0.39 is 26.6 Å². The van der Waals surface area contributed by atoms with Crippen molar-refractivity contribution in [3.05, 3.63) is 97.0 Å². The minimum Gasteiger partial charge on any atom is -0.350 e. The molecule has 3 aromatic carbocycles. The molecule has 0 bridgehead atoms. The molecule has 0 atom stereocenters. The molecule has 7 nitrogen and oxygen atoms in total. The first-order valence-corrected chi connectivity index (χ1v) is 12.0. The zero-order valence-electron chi connectivity index (χ0n) is 18.4. The van der Waals surface area contributed by atoms with Crippen LogP contribution in [0.2, 0.25) is 0 Å². The SMILES string of the molecule is Cn1cc(-c2cc(Nc3ccc(NS(=O)(=O)c4c(F)cccc4F)cc3)ncn2)c2ccccc21. The van der Waals surface area contributed by atoms with Crippen LogP contribution in [0.3, 0.4) is 0 Å². The molecule has 0 aliphatic carbocycles. The van der Waals surface area contributed by atoms with E-state index in [9.17, 15) is 17.2 Å². The number of para-hydroxylation sites is 1. The van der Waals surface area contributed by atoms with E-state index in [-0.39, 0.29) is 5.69 Å². The second-order valence-corrected chi connectivity index (χ2v) is 9.44. The zero-order chi connectivity index (χ0) is 24.6. The number of aromatic nitrogens is 3. The Morgan fingerprint density at radius 2 is 1.54 bits per heavy atom. The van der Waals surface area contributed by atoms with Gasteiger partial charge in [0.05, 0.1) is 5.69 Å². The third-order valence-electron chi connectivity index (χ3n) is 5.44. The number of sulfonamides is 1. The van der Waals surface area contributed by atoms with E-state index in [1.165, 1.54) is 18.5 Å². The maximum absolute atomic E-state index is 13.9. The number of rotatable bonds is 6. The Balaban J connectivity index is 1.36. The lowest BCUT2D eigenvalue weighted by Gasteiger charge is -2.11. The quantitative estimate of drug-likeness (QED) is 0.329. The molecular formula is C25H19F2N5O2S. The monoisotopic (exact) mass is 491 g/mol. The molecule has 0 saturated heterocycles. The van der Waals surface area contributed by atoms with Gasteiger partial charge in [-0.25, -0.2) is 27.2 Å². The van der Waals surface area contributed by atoms with E-state index in [1.807, 2.05) is 48.1 Å². The summed E-state index contributed by atoms with van der Waals surface area (Å²) in [5.74, 6) is -1.78. The topological polar surface area (TPSA) is 88.9 Å². The van der Waals surface area contributed by atoms with Crippen molar-refractivity contribution in [1.82, 2.24) is 14.5 Å². The summed E-state index contributed by atoms with van der Waals surface area (Å²) in [6.07, 6.45) is 3.47. The Labute approximate surface area is 200 Å². The zero-order valence-corrected chi connectivity index (χ0v) is 19.2. The number of nitrogens with one attached hydrogen (secondary N) is 2. The minimum absolute atomic E-state index is 0.150. The number of nitrogens with zero attached hydrogens (tertiary/aromatic N) is 3. The van der Waals surface area contributed by atoms with Gasteiger partial charge in [0.15, 0.2) is 4.90 Å². The van der Waals surface area contributed by atoms with E-state index >= 15 is 0 Å². The fourth-order valence-electron chi connectivity index (χ4n) is 3.83. The molecule has 176 valence electrons. The molecule has 5 aromatic rings. The molecule has 5 rings (SSSR count). The maximum atomic E-state index is 13.9. The lowest BCUT2D eigenvalue weighted by Crippen LogP contribution is -2.16. The van der Waals surface area contributed by atoms with E-state index in [0.717, 1.165) is 40.4 Å². The van der Waals surface area contributed by atoms with Crippen molar-refractivity contribution in [3.63, 3.8) is 0 Å². The first kappa shape index (κ1) is 22.5. The van der Waals surface area contributed by atoms with Crippen molar-refractivity contribution in [1.29, 1.82) is 0 Å². The molecule has 2 N–H and O–H groups in total. The predicted molar refractivity (Wildman–Crippen MR) is 131 cm³/mol. The molecule has 0 amide bonds. The first-order valence-electron chi connectivity index (χ1n) is 10.5. The van der Waals surface area contributed by atoms with Gasteiger partial charge in [-0.05, 0) is 42.5 Å². The molecule has 0 aliphatic rings. The second kappa shape index (κ2) is 8.80. The maximum Gasteiger partial charge on any atom is 0.267 e. The van der Waals surface area contributed by atoms with Crippen LogP contribution in [0.1, 0.15) is 0 Å². The summed E-state index contributed by atoms with van der Waals surface area (Å²) in [7, 11) is -2.47. The number of anilines is 3. The predicted octanol–water partition coefficient (Wildman–Crippen LogP) is 5.46. The highest BCUT2D eigenvalue weighted by molar-refractivity contribution is 7.92. The normalized spacial score (nSPS) is 11.5. The Morgan fingerprint density at radius 3 is 2.29 bits per heavy atom. The smallest absolute Gasteiger partial charge is 0.267 e. The fourth-order valence-corrected chi connectivity index (χ4v) is 5.03. The van der Waals surface area contributed by atoms with Crippen LogP contribution in [0.4, 0.5) is 26.0 Å². The number of benzene rings is 3. The van der Waals surface area contributed by atoms with Gasteiger partial charge in [-0.15, -0.1) is 0 Å². The Hall–Kier alpha value is -4.31. The molecule has 0 unspecified atom stereocenters. The summed E-state index contributed by atoms with van der Waals surface area (Å²) in [5, 5.41) is 4.23. The van der Waals surface area contributed by atoms with E-state index in [4.69, 9.17) is 0 Å². The van der Waals surface area contributed by atoms with Crippen molar-refractivity contribution < 1.29 is 17.2 Å². The van der Waals surface area contributed by atoms with Gasteiger partial charge in [0.25, 0.3) is 10.0 Å². The second-order valence-electron chi connectivity index (χ2n) is 7.82. The van der Waals surface area contributed by atoms with E-state index in [0.29, 0.717) is 11.5 Å². The molecular weight excluding hydrogens is 472 g/mol. The average molecular weight is 492 g/mol. The molecule has 0 saturated carbocycles. The average Bonchev–Trinajstić information content (AvgIpc) is 3.17. The molecule has 0 aliphatic heterocycles. The van der Waals surface area contributed by atoms with Crippen molar-refractivity contribution in [2.45, 2.75) is 4.90 Å². The summed E-state index contributed by atoms with van der Waals surface area (Å²) < 4.78 is 57.0. The van der Waals surface area contributed by atoms with Crippen molar-refractivity contribution >= 4 is 38.1 Å². The summed E-state index contributed by atoms with van der Waals surface area (Å²) >= 11 is 0. The molecule has 0 spiro atoms. The van der Waals surface area contributed by atoms with Gasteiger partial charge in [0.2, 0.25) is 0 Å². The van der Waals surface area contributed by atoms with Crippen LogP contribution < -0.4 is 10.0 Å². The van der Waals surface area contributed by atoms with Crippen LogP contribution in [0, 0.1) is 11.6 Å². The van der Waals surface area contributed by atoms with Gasteiger partial charge in [-0.2, -0.15) is 0 Å². The molecule has 2 aromatic heterocycles. The summed E-state index contributed by atoms with van der Waals surface area (Å²) in [6.45, 7) is 0. The van der Waals surface area contributed by atoms with Crippen LogP contribution in [-0.2, 0) is 17.1 Å². The summed E-state index contributed by atoms with van der Waals surface area (Å²) in [5.41, 5.74) is 3.59. The van der Waals surface area contributed by atoms with Gasteiger partial charge in [0, 0.05) is 47.2 Å². The van der Waals surface area contributed by atoms with Gasteiger partial charge >= 0.3 is 0 Å². The number of hydrogen-bond donors (Lipinski definition) is 2. The highest BCUT2D eigenvalue weighted by Gasteiger charge is 2.23. The largest absolute Gasteiger partial charge is 0.350 e. The van der Waals surface area contributed by atoms with E-state index in [2.05, 4.69) is 20.0 Å². The van der Waals surface area contributed by atoms with Crippen LogP contribution in [-0.4, -0.2) is 23.0 Å². The van der Waals surface area contributed by atoms with Crippen LogP contribution in [0.15, 0.2) is 90.2 Å². The van der Waals surface area contributed by atoms with Crippen molar-refractivity contribution in [2.75, 3.05) is 10.0 Å². The van der Waals surface area contributed by atoms with Gasteiger partial charge < -0.3 is 9.88 Å². The molecule has 10 heteroatoms. The van der Waals surface area contributed by atoms with Gasteiger partial charge in [-0.1, -0.05) is 24.3 Å².